The summed E-state index contributed by atoms with van der Waals surface area (Å²) in [5.41, 5.74) is 1.86. The molecule has 0 amide bonds. The molecule has 21 heavy (non-hydrogen) atoms. The Bertz CT molecular complexity index is 580. The first kappa shape index (κ1) is 14.9. The molecule has 5 heteroatoms. The maximum Gasteiger partial charge on any atom is 0.337 e. The van der Waals surface area contributed by atoms with Gasteiger partial charge >= 0.3 is 5.97 Å². The number of nitrogens with zero attached hydrogens (tertiary/aromatic N) is 2. The van der Waals surface area contributed by atoms with Crippen molar-refractivity contribution >= 4 is 34.2 Å². The Kier molecular flexibility index (Phi) is 4.28. The number of carbonyl (C=O) groups excluding carboxylic acids is 1. The molecule has 0 heterocycles. The highest BCUT2D eigenvalue weighted by Gasteiger charge is 2.54. The fourth-order valence-corrected chi connectivity index (χ4v) is 3.87. The summed E-state index contributed by atoms with van der Waals surface area (Å²) in [5.74, 6) is -0.320. The zero-order valence-electron chi connectivity index (χ0n) is 12.1. The Hall–Kier alpha value is -0.980. The predicted molar refractivity (Wildman–Crippen MR) is 88.9 cm³/mol. The second kappa shape index (κ2) is 6.02. The van der Waals surface area contributed by atoms with Crippen molar-refractivity contribution in [2.45, 2.75) is 44.6 Å². The summed E-state index contributed by atoms with van der Waals surface area (Å²) in [6, 6.07) is 5.79. The van der Waals surface area contributed by atoms with Crippen LogP contribution in [0, 0.1) is 8.99 Å². The van der Waals surface area contributed by atoms with E-state index in [0.29, 0.717) is 17.0 Å². The van der Waals surface area contributed by atoms with Crippen LogP contribution >= 0.6 is 22.6 Å². The summed E-state index contributed by atoms with van der Waals surface area (Å²) in [6.45, 7) is 0. The van der Waals surface area contributed by atoms with E-state index < -0.39 is 0 Å². The summed E-state index contributed by atoms with van der Waals surface area (Å²) in [4.78, 5) is 11.5. The van der Waals surface area contributed by atoms with Crippen molar-refractivity contribution in [2.75, 3.05) is 7.11 Å². The Morgan fingerprint density at radius 1 is 1.33 bits per heavy atom. The topological polar surface area (TPSA) is 51.0 Å². The lowest BCUT2D eigenvalue weighted by molar-refractivity contribution is 0.0600. The second-order valence-corrected chi connectivity index (χ2v) is 7.18. The van der Waals surface area contributed by atoms with Crippen LogP contribution in [0.3, 0.4) is 0 Å². The molecule has 4 nitrogen and oxygen atoms in total. The van der Waals surface area contributed by atoms with Crippen molar-refractivity contribution in [3.8, 4) is 0 Å². The smallest absolute Gasteiger partial charge is 0.337 e. The van der Waals surface area contributed by atoms with Crippen LogP contribution < -0.4 is 0 Å². The van der Waals surface area contributed by atoms with Crippen molar-refractivity contribution in [3.05, 3.63) is 27.3 Å². The fourth-order valence-electron chi connectivity index (χ4n) is 3.25. The van der Waals surface area contributed by atoms with Gasteiger partial charge in [0.15, 0.2) is 0 Å². The average Bonchev–Trinajstić information content (AvgIpc) is 3.17. The maximum atomic E-state index is 11.5. The van der Waals surface area contributed by atoms with Gasteiger partial charge in [-0.05, 0) is 65.5 Å². The van der Waals surface area contributed by atoms with E-state index in [2.05, 4.69) is 32.8 Å². The van der Waals surface area contributed by atoms with Gasteiger partial charge in [0, 0.05) is 3.57 Å². The minimum atomic E-state index is -0.320. The van der Waals surface area contributed by atoms with E-state index in [4.69, 9.17) is 4.74 Å². The molecule has 0 N–H and O–H groups in total. The van der Waals surface area contributed by atoms with Crippen LogP contribution in [0.4, 0.5) is 5.69 Å². The van der Waals surface area contributed by atoms with Crippen molar-refractivity contribution < 1.29 is 9.53 Å². The first-order valence-corrected chi connectivity index (χ1v) is 8.51. The number of azo groups is 1. The van der Waals surface area contributed by atoms with Crippen molar-refractivity contribution in [3.63, 3.8) is 0 Å². The first-order valence-electron chi connectivity index (χ1n) is 7.43. The Morgan fingerprint density at radius 2 is 2.10 bits per heavy atom. The van der Waals surface area contributed by atoms with Crippen LogP contribution in [0.1, 0.15) is 48.9 Å². The number of hydrogen-bond acceptors (Lipinski definition) is 4. The van der Waals surface area contributed by atoms with Crippen LogP contribution in [0.5, 0.6) is 0 Å². The van der Waals surface area contributed by atoms with Crippen molar-refractivity contribution in [2.24, 2.45) is 15.6 Å². The van der Waals surface area contributed by atoms with Gasteiger partial charge in [-0.15, -0.1) is 0 Å². The molecule has 0 aromatic heterocycles. The number of halogens is 1. The van der Waals surface area contributed by atoms with E-state index in [9.17, 15) is 4.79 Å². The van der Waals surface area contributed by atoms with E-state index in [1.165, 1.54) is 45.6 Å². The third-order valence-corrected chi connectivity index (χ3v) is 5.53. The molecule has 1 unspecified atom stereocenters. The van der Waals surface area contributed by atoms with Gasteiger partial charge < -0.3 is 4.74 Å². The van der Waals surface area contributed by atoms with E-state index in [-0.39, 0.29) is 5.97 Å². The summed E-state index contributed by atoms with van der Waals surface area (Å²) in [5, 5.41) is 8.95. The van der Waals surface area contributed by atoms with E-state index in [1.807, 2.05) is 6.07 Å². The SMILES string of the molecule is COC(=O)c1ccc(N=NC2CC23CCCCC3)c(I)c1. The van der Waals surface area contributed by atoms with E-state index >= 15 is 0 Å². The van der Waals surface area contributed by atoms with E-state index in [0.717, 1.165) is 9.26 Å². The minimum absolute atomic E-state index is 0.320. The van der Waals surface area contributed by atoms with Crippen molar-refractivity contribution in [1.29, 1.82) is 0 Å². The Morgan fingerprint density at radius 3 is 2.76 bits per heavy atom. The molecule has 1 aromatic carbocycles. The van der Waals surface area contributed by atoms with Crippen LogP contribution in [-0.2, 0) is 4.74 Å². The Balaban J connectivity index is 1.68. The molecule has 2 aliphatic rings. The molecule has 0 aliphatic heterocycles. The highest BCUT2D eigenvalue weighted by Crippen LogP contribution is 2.58. The largest absolute Gasteiger partial charge is 0.465 e. The van der Waals surface area contributed by atoms with Crippen molar-refractivity contribution in [1.82, 2.24) is 0 Å². The predicted octanol–water partition coefficient (Wildman–Crippen LogP) is 4.88. The van der Waals surface area contributed by atoms with E-state index in [1.54, 1.807) is 12.1 Å². The monoisotopic (exact) mass is 398 g/mol. The lowest BCUT2D eigenvalue weighted by Gasteiger charge is -2.20. The number of hydrogen-bond donors (Lipinski definition) is 0. The number of benzene rings is 1. The maximum absolute atomic E-state index is 11.5. The highest BCUT2D eigenvalue weighted by atomic mass is 127. The van der Waals surface area contributed by atoms with Crippen LogP contribution in [0.2, 0.25) is 0 Å². The number of ether oxygens (including phenoxy) is 1. The minimum Gasteiger partial charge on any atom is -0.465 e. The average molecular weight is 398 g/mol. The molecular weight excluding hydrogens is 379 g/mol. The quantitative estimate of drug-likeness (QED) is 0.414. The van der Waals surface area contributed by atoms with Gasteiger partial charge in [-0.25, -0.2) is 4.79 Å². The van der Waals surface area contributed by atoms with Gasteiger partial charge in [0.25, 0.3) is 0 Å². The molecule has 1 spiro atoms. The molecule has 0 radical (unpaired) electrons. The number of rotatable bonds is 3. The van der Waals surface area contributed by atoms with Gasteiger partial charge in [0.2, 0.25) is 0 Å². The number of carbonyl (C=O) groups is 1. The molecule has 1 atom stereocenters. The summed E-state index contributed by atoms with van der Waals surface area (Å²) < 4.78 is 5.65. The number of esters is 1. The van der Waals surface area contributed by atoms with Gasteiger partial charge in [-0.2, -0.15) is 10.2 Å². The molecule has 1 aromatic rings. The summed E-state index contributed by atoms with van der Waals surface area (Å²) in [7, 11) is 1.39. The molecule has 0 bridgehead atoms. The van der Waals surface area contributed by atoms with Gasteiger partial charge in [0.1, 0.15) is 0 Å². The molecule has 2 saturated carbocycles. The zero-order valence-corrected chi connectivity index (χ0v) is 14.3. The first-order chi connectivity index (χ1) is 10.1. The third-order valence-electron chi connectivity index (χ3n) is 4.67. The summed E-state index contributed by atoms with van der Waals surface area (Å²) >= 11 is 2.19. The molecule has 3 rings (SSSR count). The highest BCUT2D eigenvalue weighted by molar-refractivity contribution is 14.1. The second-order valence-electron chi connectivity index (χ2n) is 6.02. The lowest BCUT2D eigenvalue weighted by Crippen LogP contribution is -2.10. The number of methoxy groups -OCH3 is 1. The standard InChI is InChI=1S/C16H19IN2O2/c1-21-15(20)11-5-6-13(12(17)9-11)18-19-14-10-16(14)7-3-2-4-8-16/h5-6,9,14H,2-4,7-8,10H2,1H3. The Labute approximate surface area is 138 Å². The zero-order chi connectivity index (χ0) is 14.9. The van der Waals surface area contributed by atoms with Crippen LogP contribution in [0.15, 0.2) is 28.4 Å². The lowest BCUT2D eigenvalue weighted by atomic mass is 9.86. The summed E-state index contributed by atoms with van der Waals surface area (Å²) in [6.07, 6.45) is 7.89. The molecule has 112 valence electrons. The third kappa shape index (κ3) is 3.12. The van der Waals surface area contributed by atoms with Crippen LogP contribution in [0.25, 0.3) is 0 Å². The van der Waals surface area contributed by atoms with Crippen LogP contribution in [-0.4, -0.2) is 19.1 Å². The molecule has 2 aliphatic carbocycles. The normalized spacial score (nSPS) is 23.4. The molecular formula is C16H19IN2O2. The molecule has 0 saturated heterocycles. The molecule has 2 fully saturated rings. The fraction of sp³-hybridized carbons (Fsp3) is 0.562. The van der Waals surface area contributed by atoms with Gasteiger partial charge in [-0.1, -0.05) is 19.3 Å². The van der Waals surface area contributed by atoms with Gasteiger partial charge in [0.05, 0.1) is 24.4 Å². The van der Waals surface area contributed by atoms with Gasteiger partial charge in [-0.3, -0.25) is 0 Å².